The van der Waals surface area contributed by atoms with Crippen LogP contribution in [0.1, 0.15) is 33.1 Å². The van der Waals surface area contributed by atoms with Crippen molar-refractivity contribution >= 4 is 5.71 Å². The van der Waals surface area contributed by atoms with Gasteiger partial charge in [-0.2, -0.15) is 18.3 Å². The molecule has 0 saturated heterocycles. The average Bonchev–Trinajstić information content (AvgIpc) is 2.28. The van der Waals surface area contributed by atoms with Crippen molar-refractivity contribution in [2.75, 3.05) is 0 Å². The van der Waals surface area contributed by atoms with E-state index in [4.69, 9.17) is 0 Å². The molecular formula is C13H19F3N2. The van der Waals surface area contributed by atoms with Gasteiger partial charge in [0.2, 0.25) is 0 Å². The summed E-state index contributed by atoms with van der Waals surface area (Å²) in [6, 6.07) is 0.0369. The van der Waals surface area contributed by atoms with Crippen LogP contribution in [0.25, 0.3) is 0 Å². The minimum absolute atomic E-state index is 0.0369. The fourth-order valence-electron chi connectivity index (χ4n) is 2.74. The highest BCUT2D eigenvalue weighted by molar-refractivity contribution is 5.91. The summed E-state index contributed by atoms with van der Waals surface area (Å²) in [6.45, 7) is 3.76. The van der Waals surface area contributed by atoms with E-state index >= 15 is 0 Å². The summed E-state index contributed by atoms with van der Waals surface area (Å²) >= 11 is 0. The molecule has 0 aromatic heterocycles. The van der Waals surface area contributed by atoms with E-state index in [1.165, 1.54) is 0 Å². The van der Waals surface area contributed by atoms with Gasteiger partial charge in [-0.05, 0) is 31.1 Å². The number of alkyl halides is 3. The maximum Gasteiger partial charge on any atom is 0.431 e. The number of allylic oxidation sites excluding steroid dienone is 1. The standard InChI is InChI=1S/C13H19F3N2/c1-8-3-5-10(6-4-8)11-7-9(2)12(18-17-11)13(14,15)16/h3,5,8-11,17H,4,6-7H2,1-2H3. The first-order valence-corrected chi connectivity index (χ1v) is 6.46. The summed E-state index contributed by atoms with van der Waals surface area (Å²) in [4.78, 5) is 0. The molecule has 2 nitrogen and oxygen atoms in total. The normalized spacial score (nSPS) is 37.1. The van der Waals surface area contributed by atoms with Crippen LogP contribution in [0.15, 0.2) is 17.3 Å². The monoisotopic (exact) mass is 260 g/mol. The summed E-state index contributed by atoms with van der Waals surface area (Å²) in [5, 5.41) is 3.57. The molecule has 2 aliphatic rings. The average molecular weight is 260 g/mol. The Bertz CT molecular complexity index is 360. The smallest absolute Gasteiger partial charge is 0.306 e. The van der Waals surface area contributed by atoms with Crippen molar-refractivity contribution < 1.29 is 13.2 Å². The third-order valence-corrected chi connectivity index (χ3v) is 3.87. The zero-order valence-electron chi connectivity index (χ0n) is 10.7. The number of hydrogen-bond donors (Lipinski definition) is 1. The molecule has 0 spiro atoms. The Morgan fingerprint density at radius 2 is 1.94 bits per heavy atom. The van der Waals surface area contributed by atoms with E-state index in [-0.39, 0.29) is 6.04 Å². The van der Waals surface area contributed by atoms with E-state index in [2.05, 4.69) is 29.6 Å². The molecule has 0 aromatic rings. The number of rotatable bonds is 1. The lowest BCUT2D eigenvalue weighted by Crippen LogP contribution is -2.45. The third kappa shape index (κ3) is 2.87. The van der Waals surface area contributed by atoms with Crippen LogP contribution >= 0.6 is 0 Å². The molecule has 0 bridgehead atoms. The van der Waals surface area contributed by atoms with Gasteiger partial charge in [-0.3, -0.25) is 0 Å². The van der Waals surface area contributed by atoms with E-state index in [9.17, 15) is 13.2 Å². The van der Waals surface area contributed by atoms with Gasteiger partial charge in [0.15, 0.2) is 0 Å². The topological polar surface area (TPSA) is 24.4 Å². The zero-order chi connectivity index (χ0) is 13.3. The fraction of sp³-hybridized carbons (Fsp3) is 0.769. The van der Waals surface area contributed by atoms with Crippen molar-refractivity contribution in [1.82, 2.24) is 5.43 Å². The molecule has 1 aliphatic carbocycles. The fourth-order valence-corrected chi connectivity index (χ4v) is 2.74. The largest absolute Gasteiger partial charge is 0.431 e. The molecule has 0 fully saturated rings. The minimum Gasteiger partial charge on any atom is -0.306 e. The molecule has 1 aliphatic heterocycles. The van der Waals surface area contributed by atoms with Crippen LogP contribution < -0.4 is 5.43 Å². The number of halogens is 3. The Morgan fingerprint density at radius 3 is 2.44 bits per heavy atom. The van der Waals surface area contributed by atoms with Gasteiger partial charge in [0.05, 0.1) is 6.04 Å². The minimum atomic E-state index is -4.31. The second-order valence-electron chi connectivity index (χ2n) is 5.47. The predicted molar refractivity (Wildman–Crippen MR) is 65.2 cm³/mol. The lowest BCUT2D eigenvalue weighted by atomic mass is 9.81. The number of nitrogens with one attached hydrogen (secondary N) is 1. The van der Waals surface area contributed by atoms with E-state index < -0.39 is 17.8 Å². The van der Waals surface area contributed by atoms with Crippen LogP contribution in [0.2, 0.25) is 0 Å². The summed E-state index contributed by atoms with van der Waals surface area (Å²) in [6.07, 6.45) is 2.61. The molecule has 5 heteroatoms. The lowest BCUT2D eigenvalue weighted by molar-refractivity contribution is -0.0646. The molecule has 2 rings (SSSR count). The zero-order valence-corrected chi connectivity index (χ0v) is 10.7. The van der Waals surface area contributed by atoms with E-state index in [0.29, 0.717) is 18.3 Å². The SMILES string of the molecule is CC1C=CC(C2CC(C)C(C(F)(F)F)=NN2)CC1. The van der Waals surface area contributed by atoms with Gasteiger partial charge in [0, 0.05) is 5.92 Å². The summed E-state index contributed by atoms with van der Waals surface area (Å²) in [5.74, 6) is 0.364. The van der Waals surface area contributed by atoms with Crippen molar-refractivity contribution in [3.8, 4) is 0 Å². The molecular weight excluding hydrogens is 241 g/mol. The molecule has 0 amide bonds. The molecule has 4 unspecified atom stereocenters. The summed E-state index contributed by atoms with van der Waals surface area (Å²) in [5.41, 5.74) is 2.03. The lowest BCUT2D eigenvalue weighted by Gasteiger charge is -2.34. The predicted octanol–water partition coefficient (Wildman–Crippen LogP) is 3.51. The maximum absolute atomic E-state index is 12.6. The Morgan fingerprint density at radius 1 is 1.22 bits per heavy atom. The van der Waals surface area contributed by atoms with Crippen LogP contribution in [0.4, 0.5) is 13.2 Å². The Hall–Kier alpha value is -1.00. The van der Waals surface area contributed by atoms with Crippen LogP contribution in [-0.4, -0.2) is 17.9 Å². The summed E-state index contributed by atoms with van der Waals surface area (Å²) < 4.78 is 37.9. The number of nitrogens with zero attached hydrogens (tertiary/aromatic N) is 1. The first-order valence-electron chi connectivity index (χ1n) is 6.46. The molecule has 1 N–H and O–H groups in total. The van der Waals surface area contributed by atoms with E-state index in [1.54, 1.807) is 6.92 Å². The van der Waals surface area contributed by atoms with Crippen LogP contribution in [0.5, 0.6) is 0 Å². The van der Waals surface area contributed by atoms with Crippen LogP contribution in [0.3, 0.4) is 0 Å². The molecule has 0 aromatic carbocycles. The molecule has 4 atom stereocenters. The molecule has 102 valence electrons. The Labute approximate surface area is 105 Å². The summed E-state index contributed by atoms with van der Waals surface area (Å²) in [7, 11) is 0. The third-order valence-electron chi connectivity index (χ3n) is 3.87. The Balaban J connectivity index is 2.04. The van der Waals surface area contributed by atoms with Crippen LogP contribution in [-0.2, 0) is 0 Å². The van der Waals surface area contributed by atoms with Crippen molar-refractivity contribution in [2.45, 2.75) is 45.3 Å². The van der Waals surface area contributed by atoms with Gasteiger partial charge in [-0.15, -0.1) is 0 Å². The number of hydrazone groups is 1. The van der Waals surface area contributed by atoms with Gasteiger partial charge < -0.3 is 5.43 Å². The maximum atomic E-state index is 12.6. The Kier molecular flexibility index (Phi) is 3.69. The van der Waals surface area contributed by atoms with Crippen molar-refractivity contribution in [1.29, 1.82) is 0 Å². The highest BCUT2D eigenvalue weighted by atomic mass is 19.4. The van der Waals surface area contributed by atoms with Gasteiger partial charge in [0.25, 0.3) is 0 Å². The van der Waals surface area contributed by atoms with Gasteiger partial charge in [0.1, 0.15) is 5.71 Å². The first kappa shape index (κ1) is 13.4. The molecule has 0 saturated carbocycles. The highest BCUT2D eigenvalue weighted by Crippen LogP contribution is 2.32. The van der Waals surface area contributed by atoms with Crippen molar-refractivity contribution in [3.05, 3.63) is 12.2 Å². The van der Waals surface area contributed by atoms with Gasteiger partial charge in [-0.25, -0.2) is 0 Å². The van der Waals surface area contributed by atoms with Crippen molar-refractivity contribution in [2.24, 2.45) is 22.9 Å². The first-order chi connectivity index (χ1) is 8.38. The van der Waals surface area contributed by atoms with E-state index in [0.717, 1.165) is 12.8 Å². The highest BCUT2D eigenvalue weighted by Gasteiger charge is 2.42. The quantitative estimate of drug-likeness (QED) is 0.717. The molecule has 1 heterocycles. The van der Waals surface area contributed by atoms with Gasteiger partial charge in [-0.1, -0.05) is 26.0 Å². The second-order valence-corrected chi connectivity index (χ2v) is 5.47. The molecule has 0 radical (unpaired) electrons. The second kappa shape index (κ2) is 4.94. The van der Waals surface area contributed by atoms with E-state index in [1.807, 2.05) is 0 Å². The van der Waals surface area contributed by atoms with Crippen LogP contribution in [0, 0.1) is 17.8 Å². The van der Waals surface area contributed by atoms with Crippen molar-refractivity contribution in [3.63, 3.8) is 0 Å². The number of hydrogen-bond acceptors (Lipinski definition) is 2. The van der Waals surface area contributed by atoms with Gasteiger partial charge >= 0.3 is 6.18 Å². The molecule has 18 heavy (non-hydrogen) atoms.